The minimum absolute atomic E-state index is 0.0273. The van der Waals surface area contributed by atoms with Crippen LogP contribution in [-0.2, 0) is 39.1 Å². The standard InChI is InChI=1S/C33H27F3N6O8S2/c1-18-17-22-23(29(44)42(22)25(30(45)46)26(18)49-52(47,48)33(34,35)36)38-28(43)24(27-39-31(37)51-41-27)40-50-32(19-11-5-2-6-12-19,20-13-7-3-8-14-20)21-15-9-4-10-16-21/h2-16,18,22-23H,17H2,1H3,(H,38,43)(H,45,46)(H2,37,39,41)/t18?,22-,23+/m1/s1. The number of nitrogens with two attached hydrogens (primary N) is 1. The van der Waals surface area contributed by atoms with Crippen molar-refractivity contribution >= 4 is 50.3 Å². The molecule has 0 spiro atoms. The third-order valence-corrected chi connectivity index (χ3v) is 9.90. The SMILES string of the molecule is CC1C[C@@H]2[C@H](NC(=O)C(=NOC(c3ccccc3)(c3ccccc3)c3ccccc3)c3nsc(N)n3)C(=O)N2C(C(=O)O)=C1OS(=O)(=O)C(F)(F)F. The topological polar surface area (TPSA) is 203 Å². The first kappa shape index (κ1) is 36.0. The minimum Gasteiger partial charge on any atom is -0.476 e. The van der Waals surface area contributed by atoms with E-state index < -0.39 is 74.2 Å². The van der Waals surface area contributed by atoms with Crippen molar-refractivity contribution < 1.29 is 50.1 Å². The van der Waals surface area contributed by atoms with E-state index in [-0.39, 0.29) is 17.4 Å². The molecule has 4 N–H and O–H groups in total. The second kappa shape index (κ2) is 13.7. The van der Waals surface area contributed by atoms with Crippen molar-refractivity contribution in [2.75, 3.05) is 5.73 Å². The summed E-state index contributed by atoms with van der Waals surface area (Å²) in [7, 11) is -6.26. The molecule has 0 bridgehead atoms. The fourth-order valence-corrected chi connectivity index (χ4v) is 7.06. The van der Waals surface area contributed by atoms with Crippen molar-refractivity contribution in [2.45, 2.75) is 36.5 Å². The lowest BCUT2D eigenvalue weighted by Crippen LogP contribution is -2.72. The number of anilines is 1. The summed E-state index contributed by atoms with van der Waals surface area (Å²) in [5.74, 6) is -6.59. The lowest BCUT2D eigenvalue weighted by molar-refractivity contribution is -0.157. The van der Waals surface area contributed by atoms with E-state index in [2.05, 4.69) is 24.0 Å². The van der Waals surface area contributed by atoms with Crippen molar-refractivity contribution in [3.05, 3.63) is 125 Å². The van der Waals surface area contributed by atoms with Crippen LogP contribution in [0.3, 0.4) is 0 Å². The van der Waals surface area contributed by atoms with Gasteiger partial charge in [-0.15, -0.1) is 0 Å². The van der Waals surface area contributed by atoms with Crippen LogP contribution in [0.25, 0.3) is 0 Å². The highest BCUT2D eigenvalue weighted by molar-refractivity contribution is 7.87. The van der Waals surface area contributed by atoms with Gasteiger partial charge in [0.2, 0.25) is 17.1 Å². The molecule has 2 aliphatic heterocycles. The van der Waals surface area contributed by atoms with E-state index in [0.29, 0.717) is 21.6 Å². The van der Waals surface area contributed by atoms with Gasteiger partial charge in [0, 0.05) is 34.1 Å². The molecule has 270 valence electrons. The number of allylic oxidation sites excluding steroid dienone is 1. The van der Waals surface area contributed by atoms with E-state index in [1.165, 1.54) is 6.92 Å². The van der Waals surface area contributed by atoms with Crippen LogP contribution >= 0.6 is 11.5 Å². The van der Waals surface area contributed by atoms with E-state index >= 15 is 0 Å². The van der Waals surface area contributed by atoms with Gasteiger partial charge in [0.1, 0.15) is 6.04 Å². The smallest absolute Gasteiger partial charge is 0.476 e. The number of aliphatic carboxylic acids is 1. The number of hydrogen-bond donors (Lipinski definition) is 3. The van der Waals surface area contributed by atoms with Gasteiger partial charge in [0.05, 0.1) is 6.04 Å². The van der Waals surface area contributed by atoms with Gasteiger partial charge in [0.25, 0.3) is 11.8 Å². The molecular formula is C33H27F3N6O8S2. The number of halogens is 3. The Morgan fingerprint density at radius 3 is 1.94 bits per heavy atom. The Labute approximate surface area is 297 Å². The molecule has 3 atom stereocenters. The van der Waals surface area contributed by atoms with Gasteiger partial charge >= 0.3 is 21.6 Å². The molecule has 1 fully saturated rings. The molecule has 2 aliphatic rings. The normalized spacial score (nSPS) is 19.4. The van der Waals surface area contributed by atoms with Crippen LogP contribution in [0.15, 0.2) is 108 Å². The number of alkyl halides is 3. The lowest BCUT2D eigenvalue weighted by Gasteiger charge is -2.50. The van der Waals surface area contributed by atoms with Crippen LogP contribution in [0.5, 0.6) is 0 Å². The number of benzene rings is 3. The molecule has 52 heavy (non-hydrogen) atoms. The first-order chi connectivity index (χ1) is 24.7. The summed E-state index contributed by atoms with van der Waals surface area (Å²) in [5.41, 5.74) is -1.21. The lowest BCUT2D eigenvalue weighted by atomic mass is 9.80. The maximum Gasteiger partial charge on any atom is 0.534 e. The summed E-state index contributed by atoms with van der Waals surface area (Å²) in [6.45, 7) is 1.22. The second-order valence-electron chi connectivity index (χ2n) is 11.6. The van der Waals surface area contributed by atoms with Crippen LogP contribution in [0, 0.1) is 5.92 Å². The number of carboxylic acid groups (broad SMARTS) is 1. The number of carboxylic acids is 1. The Hall–Kier alpha value is -5.82. The number of rotatable bonds is 11. The van der Waals surface area contributed by atoms with Gasteiger partial charge in [-0.05, 0) is 6.42 Å². The Morgan fingerprint density at radius 1 is 0.981 bits per heavy atom. The highest BCUT2D eigenvalue weighted by atomic mass is 32.2. The number of nitrogens with zero attached hydrogens (tertiary/aromatic N) is 4. The largest absolute Gasteiger partial charge is 0.534 e. The Balaban J connectivity index is 1.38. The van der Waals surface area contributed by atoms with Crippen molar-refractivity contribution in [1.29, 1.82) is 0 Å². The zero-order chi connectivity index (χ0) is 37.4. The summed E-state index contributed by atoms with van der Waals surface area (Å²) in [4.78, 5) is 50.6. The molecule has 4 aromatic rings. The van der Waals surface area contributed by atoms with Crippen molar-refractivity contribution in [3.63, 3.8) is 0 Å². The summed E-state index contributed by atoms with van der Waals surface area (Å²) in [6, 6.07) is 24.6. The zero-order valence-corrected chi connectivity index (χ0v) is 28.4. The number of nitrogens with one attached hydrogen (secondary N) is 1. The number of fused-ring (bicyclic) bond motifs is 1. The van der Waals surface area contributed by atoms with Gasteiger partial charge in [-0.1, -0.05) is 103 Å². The van der Waals surface area contributed by atoms with Gasteiger partial charge in [-0.25, -0.2) is 4.79 Å². The number of amides is 2. The first-order valence-corrected chi connectivity index (χ1v) is 17.5. The van der Waals surface area contributed by atoms with E-state index in [9.17, 15) is 41.1 Å². The first-order valence-electron chi connectivity index (χ1n) is 15.3. The maximum atomic E-state index is 14.0. The number of nitrogen functional groups attached to an aromatic ring is 1. The number of oxime groups is 1. The van der Waals surface area contributed by atoms with E-state index in [4.69, 9.17) is 10.6 Å². The maximum absolute atomic E-state index is 14.0. The zero-order valence-electron chi connectivity index (χ0n) is 26.7. The summed E-state index contributed by atoms with van der Waals surface area (Å²) < 4.78 is 71.2. The molecule has 1 saturated heterocycles. The van der Waals surface area contributed by atoms with Crippen LogP contribution < -0.4 is 11.1 Å². The highest BCUT2D eigenvalue weighted by Crippen LogP contribution is 2.43. The van der Waals surface area contributed by atoms with Gasteiger partial charge in [-0.3, -0.25) is 14.5 Å². The van der Waals surface area contributed by atoms with Crippen LogP contribution in [-0.4, -0.2) is 68.9 Å². The van der Waals surface area contributed by atoms with Crippen LogP contribution in [0.4, 0.5) is 18.3 Å². The second-order valence-corrected chi connectivity index (χ2v) is 14.0. The van der Waals surface area contributed by atoms with Crippen molar-refractivity contribution in [3.8, 4) is 0 Å². The molecule has 0 aliphatic carbocycles. The van der Waals surface area contributed by atoms with Gasteiger partial charge in [0.15, 0.2) is 16.6 Å². The Bertz CT molecular complexity index is 2090. The molecule has 0 radical (unpaired) electrons. The summed E-state index contributed by atoms with van der Waals surface area (Å²) in [6.07, 6.45) is -0.278. The quantitative estimate of drug-likeness (QED) is 0.0503. The average Bonchev–Trinajstić information content (AvgIpc) is 3.55. The summed E-state index contributed by atoms with van der Waals surface area (Å²) >= 11 is 0.751. The molecule has 2 amide bonds. The molecule has 3 aromatic carbocycles. The molecule has 3 heterocycles. The van der Waals surface area contributed by atoms with E-state index in [1.54, 1.807) is 36.4 Å². The number of aromatic nitrogens is 2. The van der Waals surface area contributed by atoms with E-state index in [0.717, 1.165) is 11.5 Å². The highest BCUT2D eigenvalue weighted by Gasteiger charge is 2.58. The monoisotopic (exact) mass is 756 g/mol. The minimum atomic E-state index is -6.26. The third kappa shape index (κ3) is 6.43. The molecular weight excluding hydrogens is 730 g/mol. The fourth-order valence-electron chi connectivity index (χ4n) is 6.05. The molecule has 6 rings (SSSR count). The predicted octanol–water partition coefficient (Wildman–Crippen LogP) is 3.73. The number of carbonyl (C=O) groups is 3. The Kier molecular flexibility index (Phi) is 9.49. The van der Waals surface area contributed by atoms with Crippen LogP contribution in [0.1, 0.15) is 35.9 Å². The summed E-state index contributed by atoms with van der Waals surface area (Å²) in [5, 5.41) is 16.6. The van der Waals surface area contributed by atoms with Crippen molar-refractivity contribution in [2.24, 2.45) is 11.1 Å². The number of β-lactam (4-membered cyclic amide) rings is 1. The predicted molar refractivity (Wildman–Crippen MR) is 178 cm³/mol. The molecule has 1 unspecified atom stereocenters. The number of hydrogen-bond acceptors (Lipinski definition) is 12. The average molecular weight is 757 g/mol. The molecule has 14 nitrogen and oxygen atoms in total. The van der Waals surface area contributed by atoms with Gasteiger partial charge < -0.3 is 25.2 Å². The van der Waals surface area contributed by atoms with Crippen LogP contribution in [0.2, 0.25) is 0 Å². The van der Waals surface area contributed by atoms with E-state index in [1.807, 2.05) is 54.6 Å². The fraction of sp³-hybridized carbons (Fsp3) is 0.212. The van der Waals surface area contributed by atoms with Crippen molar-refractivity contribution in [1.82, 2.24) is 19.6 Å². The van der Waals surface area contributed by atoms with Gasteiger partial charge in [-0.2, -0.15) is 30.9 Å². The molecule has 0 saturated carbocycles. The molecule has 19 heteroatoms. The Morgan fingerprint density at radius 2 is 1.50 bits per heavy atom. The third-order valence-electron chi connectivity index (χ3n) is 8.39. The molecule has 1 aromatic heterocycles. The number of carbonyl (C=O) groups excluding carboxylic acids is 2.